The monoisotopic (exact) mass is 240 g/mol. The molecule has 0 N–H and O–H groups in total. The van der Waals surface area contributed by atoms with Crippen LogP contribution in [0.4, 0.5) is 0 Å². The van der Waals surface area contributed by atoms with Crippen LogP contribution in [-0.4, -0.2) is 32.0 Å². The zero-order chi connectivity index (χ0) is 6.31. The molecule has 0 saturated heterocycles. The van der Waals surface area contributed by atoms with Crippen LogP contribution in [0.3, 0.4) is 0 Å². The summed E-state index contributed by atoms with van der Waals surface area (Å²) in [6.45, 7) is 0. The minimum absolute atomic E-state index is 0.404. The second-order valence-electron chi connectivity index (χ2n) is 1.32. The van der Waals surface area contributed by atoms with Crippen LogP contribution in [0.25, 0.3) is 0 Å². The fraction of sp³-hybridized carbons (Fsp3) is 0. The van der Waals surface area contributed by atoms with Gasteiger partial charge in [-0.2, -0.15) is 0 Å². The van der Waals surface area contributed by atoms with Crippen molar-refractivity contribution in [2.24, 2.45) is 0 Å². The van der Waals surface area contributed by atoms with Crippen molar-refractivity contribution in [1.82, 2.24) is 0 Å². The van der Waals surface area contributed by atoms with E-state index in [1.165, 1.54) is 0 Å². The van der Waals surface area contributed by atoms with Crippen LogP contribution in [0.5, 0.6) is 0 Å². The van der Waals surface area contributed by atoms with Crippen LogP contribution in [0, 0.1) is 0 Å². The SMILES string of the molecule is O=c1c([Se])c([Se])c1=O. The molecule has 0 amide bonds. The Bertz CT molecular complexity index is 252. The minimum atomic E-state index is -0.404. The molecule has 8 heavy (non-hydrogen) atoms. The van der Waals surface area contributed by atoms with Gasteiger partial charge in [-0.05, 0) is 0 Å². The Kier molecular flexibility index (Phi) is 1.42. The molecule has 2 radical (unpaired) electrons. The first-order valence-corrected chi connectivity index (χ1v) is 3.53. The molecule has 0 aliphatic carbocycles. The molecule has 40 valence electrons. The maximum atomic E-state index is 10.3. The zero-order valence-corrected chi connectivity index (χ0v) is 7.06. The van der Waals surface area contributed by atoms with E-state index in [2.05, 4.69) is 32.0 Å². The van der Waals surface area contributed by atoms with Crippen LogP contribution >= 0.6 is 0 Å². The van der Waals surface area contributed by atoms with Gasteiger partial charge in [0.1, 0.15) is 0 Å². The van der Waals surface area contributed by atoms with E-state index >= 15 is 0 Å². The Labute approximate surface area is 61.6 Å². The second-order valence-corrected chi connectivity index (χ2v) is 3.03. The molecule has 0 aliphatic heterocycles. The molecule has 2 nitrogen and oxygen atoms in total. The predicted molar refractivity (Wildman–Crippen MR) is 32.1 cm³/mol. The van der Waals surface area contributed by atoms with Gasteiger partial charge >= 0.3 is 61.4 Å². The molecule has 0 saturated carbocycles. The fourth-order valence-corrected chi connectivity index (χ4v) is 1.13. The first-order chi connectivity index (χ1) is 3.64. The van der Waals surface area contributed by atoms with Gasteiger partial charge in [0.15, 0.2) is 0 Å². The summed E-state index contributed by atoms with van der Waals surface area (Å²) >= 11 is 4.97. The van der Waals surface area contributed by atoms with Crippen LogP contribution in [-0.2, 0) is 0 Å². The topological polar surface area (TPSA) is 34.1 Å². The molecule has 0 atom stereocenters. The average Bonchev–Trinajstić information content (AvgIpc) is 1.83. The first kappa shape index (κ1) is 6.24. The van der Waals surface area contributed by atoms with Gasteiger partial charge < -0.3 is 0 Å². The average molecular weight is 238 g/mol. The summed E-state index contributed by atoms with van der Waals surface area (Å²) in [5.41, 5.74) is -0.808. The normalized spacial score (nSPS) is 10.0. The third-order valence-corrected chi connectivity index (χ3v) is 3.11. The molecule has 0 spiro atoms. The second kappa shape index (κ2) is 1.81. The Morgan fingerprint density at radius 1 is 0.875 bits per heavy atom. The van der Waals surface area contributed by atoms with Crippen molar-refractivity contribution in [3.8, 4) is 0 Å². The van der Waals surface area contributed by atoms with E-state index < -0.39 is 10.9 Å². The molecule has 4 heteroatoms. The summed E-state index contributed by atoms with van der Waals surface area (Å²) in [7, 11) is 0. The van der Waals surface area contributed by atoms with Crippen molar-refractivity contribution in [3.05, 3.63) is 20.4 Å². The van der Waals surface area contributed by atoms with E-state index in [1.54, 1.807) is 0 Å². The summed E-state index contributed by atoms with van der Waals surface area (Å²) in [6, 6.07) is 0. The Hall–Kier alpha value is 0.119. The van der Waals surface area contributed by atoms with E-state index in [0.717, 1.165) is 0 Å². The van der Waals surface area contributed by atoms with Gasteiger partial charge in [-0.25, -0.2) is 0 Å². The van der Waals surface area contributed by atoms with Crippen LogP contribution in [0.2, 0.25) is 0 Å². The van der Waals surface area contributed by atoms with Crippen molar-refractivity contribution >= 4 is 40.9 Å². The number of rotatable bonds is 0. The van der Waals surface area contributed by atoms with E-state index in [9.17, 15) is 9.59 Å². The molecule has 0 heterocycles. The van der Waals surface area contributed by atoms with Crippen molar-refractivity contribution < 1.29 is 0 Å². The van der Waals surface area contributed by atoms with Gasteiger partial charge in [0.05, 0.1) is 0 Å². The molecule has 0 bridgehead atoms. The van der Waals surface area contributed by atoms with Crippen molar-refractivity contribution in [2.45, 2.75) is 0 Å². The molecule has 0 aliphatic rings. The van der Waals surface area contributed by atoms with Crippen molar-refractivity contribution in [1.29, 1.82) is 0 Å². The quantitative estimate of drug-likeness (QED) is 0.354. The Morgan fingerprint density at radius 3 is 1.25 bits per heavy atom. The van der Waals surface area contributed by atoms with Crippen LogP contribution < -0.4 is 19.8 Å². The summed E-state index contributed by atoms with van der Waals surface area (Å²) in [5.74, 6) is 0. The van der Waals surface area contributed by atoms with Gasteiger partial charge in [-0.1, -0.05) is 0 Å². The van der Waals surface area contributed by atoms with Gasteiger partial charge in [0.25, 0.3) is 0 Å². The van der Waals surface area contributed by atoms with Gasteiger partial charge in [0, 0.05) is 0 Å². The molecule has 1 aromatic rings. The van der Waals surface area contributed by atoms with Gasteiger partial charge in [-0.3, -0.25) is 0 Å². The van der Waals surface area contributed by atoms with Crippen molar-refractivity contribution in [3.63, 3.8) is 0 Å². The predicted octanol–water partition coefficient (Wildman–Crippen LogP) is -3.13. The molecule has 0 unspecified atom stereocenters. The van der Waals surface area contributed by atoms with E-state index in [-0.39, 0.29) is 0 Å². The summed E-state index contributed by atoms with van der Waals surface area (Å²) < 4.78 is 0.880. The van der Waals surface area contributed by atoms with E-state index in [0.29, 0.717) is 8.92 Å². The molecule has 1 rings (SSSR count). The third-order valence-electron chi connectivity index (χ3n) is 0.825. The first-order valence-electron chi connectivity index (χ1n) is 1.82. The van der Waals surface area contributed by atoms with Gasteiger partial charge in [0.2, 0.25) is 0 Å². The zero-order valence-electron chi connectivity index (χ0n) is 3.63. The molecular weight excluding hydrogens is 238 g/mol. The third kappa shape index (κ3) is 0.617. The number of hydrogen-bond acceptors (Lipinski definition) is 2. The van der Waals surface area contributed by atoms with Crippen LogP contribution in [0.1, 0.15) is 0 Å². The maximum absolute atomic E-state index is 10.3. The van der Waals surface area contributed by atoms with E-state index in [1.807, 2.05) is 0 Å². The van der Waals surface area contributed by atoms with E-state index in [4.69, 9.17) is 0 Å². The van der Waals surface area contributed by atoms with Gasteiger partial charge in [-0.15, -0.1) is 0 Å². The standard InChI is InChI=1S/C4O2Se2/c5-1-2(6)4(8)3(1)7. The molecular formula is C4O2Se2. The summed E-state index contributed by atoms with van der Waals surface area (Å²) in [5, 5.41) is 0. The fourth-order valence-electron chi connectivity index (χ4n) is 0.350. The van der Waals surface area contributed by atoms with Crippen LogP contribution in [0.15, 0.2) is 9.59 Å². The van der Waals surface area contributed by atoms with Crippen molar-refractivity contribution in [2.75, 3.05) is 0 Å². The molecule has 1 aromatic carbocycles. The molecule has 0 fully saturated rings. The Balaban J connectivity index is 3.48. The summed E-state index contributed by atoms with van der Waals surface area (Å²) in [4.78, 5) is 20.6. The summed E-state index contributed by atoms with van der Waals surface area (Å²) in [6.07, 6.45) is 0. The number of hydrogen-bond donors (Lipinski definition) is 0. The molecule has 0 aromatic heterocycles. The Morgan fingerprint density at radius 2 is 1.12 bits per heavy atom.